The van der Waals surface area contributed by atoms with Gasteiger partial charge < -0.3 is 180 Å². The van der Waals surface area contributed by atoms with Crippen molar-refractivity contribution in [2.45, 2.75) is 274 Å². The highest BCUT2D eigenvalue weighted by molar-refractivity contribution is 5.23. The number of aryl methyl sites for hydroxylation is 2. The highest BCUT2D eigenvalue weighted by atomic mass is 16.8. The number of aromatic nitrogens is 6. The van der Waals surface area contributed by atoms with Crippen LogP contribution in [-0.2, 0) is 83.1 Å². The summed E-state index contributed by atoms with van der Waals surface area (Å²) < 4.78 is 72.5. The minimum atomic E-state index is -1.97. The van der Waals surface area contributed by atoms with Gasteiger partial charge in [-0.25, -0.2) is 0 Å². The van der Waals surface area contributed by atoms with Crippen LogP contribution in [0, 0.1) is 0 Å². The lowest BCUT2D eigenvalue weighted by Gasteiger charge is -2.48. The van der Waals surface area contributed by atoms with Crippen molar-refractivity contribution in [2.24, 2.45) is 0 Å². The SMILES string of the molecule is CC1O[C@H](O[C@@H]2C(CO)O[C@H](O[C@@H]3C(CO)O[C@@H](OCc4cn(CCn5cc(CO[C@H]6OC(CO)[C@H](O[C@@H]7OC(CO)[C@H](O[C@@H]8OC(C)[C@H](N[C@H]9C=C(CO)[C@@H](O)[C@@H](O)[C@@H]9O)C[C@H]8O)C(O)[C@H]7O)C(O)[C@H]6O)nn5)nn4)C(O)[C@H]3O)C(O)[C@H]2O)C(O)C[C@@H]1N[C@@H]1C=C(CO)[C@@H](O)[C@H](O)[C@H]1O. The molecule has 6 aliphatic heterocycles. The van der Waals surface area contributed by atoms with Crippen LogP contribution in [0.25, 0.3) is 0 Å². The summed E-state index contributed by atoms with van der Waals surface area (Å²) in [6.07, 6.45) is -45.3. The van der Waals surface area contributed by atoms with Crippen LogP contribution in [0.1, 0.15) is 38.1 Å². The Balaban J connectivity index is 0.642. The summed E-state index contributed by atoms with van der Waals surface area (Å²) in [5, 5.41) is 257. The Kier molecular flexibility index (Phi) is 27.4. The molecule has 6 fully saturated rings. The van der Waals surface area contributed by atoms with E-state index >= 15 is 0 Å². The summed E-state index contributed by atoms with van der Waals surface area (Å²) in [6.45, 7) is -1.73. The average molecular weight is 1450 g/mol. The van der Waals surface area contributed by atoms with Crippen LogP contribution in [0.5, 0.6) is 0 Å². The molecule has 0 spiro atoms. The maximum absolute atomic E-state index is 11.3. The van der Waals surface area contributed by atoms with Gasteiger partial charge in [0, 0.05) is 12.1 Å². The fourth-order valence-corrected chi connectivity index (χ4v) is 13.3. The third kappa shape index (κ3) is 17.4. The Morgan fingerprint density at radius 3 is 1.03 bits per heavy atom. The van der Waals surface area contributed by atoms with Gasteiger partial charge in [-0.15, -0.1) is 10.2 Å². The molecule has 0 saturated carbocycles. The first-order valence-electron chi connectivity index (χ1n) is 32.7. The lowest BCUT2D eigenvalue weighted by Crippen LogP contribution is -2.66. The molecule has 10 rings (SSSR count). The summed E-state index contributed by atoms with van der Waals surface area (Å²) >= 11 is 0. The number of rotatable bonds is 27. The molecule has 0 radical (unpaired) electrons. The first kappa shape index (κ1) is 78.9. The molecule has 42 nitrogen and oxygen atoms in total. The number of hydrogen-bond acceptors (Lipinski definition) is 40. The fraction of sp³-hybridized carbons (Fsp3) is 0.862. The average Bonchev–Trinajstić information content (AvgIpc) is 0.909. The lowest BCUT2D eigenvalue weighted by atomic mass is 9.87. The Bertz CT molecular complexity index is 2740. The molecular weight excluding hydrogens is 1350 g/mol. The van der Waals surface area contributed by atoms with Crippen molar-refractivity contribution in [3.05, 3.63) is 47.1 Å². The zero-order valence-corrected chi connectivity index (χ0v) is 54.0. The van der Waals surface area contributed by atoms with Crippen LogP contribution in [0.4, 0.5) is 0 Å². The van der Waals surface area contributed by atoms with E-state index in [4.69, 9.17) is 56.8 Å². The van der Waals surface area contributed by atoms with Crippen LogP contribution < -0.4 is 10.6 Å². The van der Waals surface area contributed by atoms with Crippen molar-refractivity contribution in [3.8, 4) is 0 Å². The van der Waals surface area contributed by atoms with E-state index in [-0.39, 0.29) is 61.7 Å². The third-order valence-electron chi connectivity index (χ3n) is 19.2. The second kappa shape index (κ2) is 34.7. The summed E-state index contributed by atoms with van der Waals surface area (Å²) in [5.74, 6) is 0. The van der Waals surface area contributed by atoms with Gasteiger partial charge in [-0.1, -0.05) is 22.6 Å². The minimum absolute atomic E-state index is 0.0689. The molecule has 0 bridgehead atoms. The van der Waals surface area contributed by atoms with Gasteiger partial charge >= 0.3 is 0 Å². The first-order valence-corrected chi connectivity index (χ1v) is 32.7. The summed E-state index contributed by atoms with van der Waals surface area (Å²) in [4.78, 5) is 0. The summed E-state index contributed by atoms with van der Waals surface area (Å²) in [5.41, 5.74) is 0.572. The molecule has 2 aromatic heterocycles. The Morgan fingerprint density at radius 2 is 0.710 bits per heavy atom. The predicted molar refractivity (Wildman–Crippen MR) is 318 cm³/mol. The van der Waals surface area contributed by atoms with E-state index < -0.39 is 260 Å². The molecule has 100 heavy (non-hydrogen) atoms. The number of aliphatic hydroxyl groups excluding tert-OH is 22. The molecule has 2 aliphatic carbocycles. The fourth-order valence-electron chi connectivity index (χ4n) is 13.3. The summed E-state index contributed by atoms with van der Waals surface area (Å²) in [6, 6.07) is -3.29. The van der Waals surface area contributed by atoms with Gasteiger partial charge in [0.25, 0.3) is 0 Å². The smallest absolute Gasteiger partial charge is 0.187 e. The molecule has 570 valence electrons. The van der Waals surface area contributed by atoms with Crippen molar-refractivity contribution in [1.82, 2.24) is 40.6 Å². The zero-order chi connectivity index (χ0) is 72.3. The second-order valence-corrected chi connectivity index (χ2v) is 26.1. The number of nitrogens with one attached hydrogen (secondary N) is 2. The molecular formula is C58H94N8O34. The molecule has 8 aliphatic rings. The quantitative estimate of drug-likeness (QED) is 0.0369. The Labute approximate surface area is 568 Å². The van der Waals surface area contributed by atoms with Gasteiger partial charge in [-0.2, -0.15) is 0 Å². The van der Waals surface area contributed by atoms with E-state index in [0.717, 1.165) is 0 Å². The number of hydrogen-bond donors (Lipinski definition) is 24. The highest BCUT2D eigenvalue weighted by Gasteiger charge is 2.56. The van der Waals surface area contributed by atoms with Crippen molar-refractivity contribution in [2.75, 3.05) is 39.6 Å². The maximum Gasteiger partial charge on any atom is 0.187 e. The number of aliphatic hydroxyl groups is 22. The molecule has 0 aromatic carbocycles. The molecule has 2 aromatic rings. The van der Waals surface area contributed by atoms with Crippen LogP contribution in [0.15, 0.2) is 35.7 Å². The summed E-state index contributed by atoms with van der Waals surface area (Å²) in [7, 11) is 0. The topological polar surface area (TPSA) is 641 Å². The van der Waals surface area contributed by atoms with E-state index in [1.165, 1.54) is 33.9 Å². The first-order chi connectivity index (χ1) is 47.7. The van der Waals surface area contributed by atoms with Crippen LogP contribution in [-0.4, -0.2) is 403 Å². The second-order valence-electron chi connectivity index (χ2n) is 26.1. The monoisotopic (exact) mass is 1450 g/mol. The van der Waals surface area contributed by atoms with Crippen LogP contribution >= 0.6 is 0 Å². The normalized spacial score (nSPS) is 45.9. The highest BCUT2D eigenvalue weighted by Crippen LogP contribution is 2.37. The van der Waals surface area contributed by atoms with E-state index in [9.17, 15) is 112 Å². The Hall–Kier alpha value is -3.68. The van der Waals surface area contributed by atoms with E-state index in [0.29, 0.717) is 0 Å². The minimum Gasteiger partial charge on any atom is -0.394 e. The molecule has 0 amide bonds. The molecule has 8 heterocycles. The molecule has 24 N–H and O–H groups in total. The van der Waals surface area contributed by atoms with Crippen molar-refractivity contribution in [3.63, 3.8) is 0 Å². The van der Waals surface area contributed by atoms with Crippen LogP contribution in [0.2, 0.25) is 0 Å². The van der Waals surface area contributed by atoms with E-state index in [1.54, 1.807) is 13.8 Å². The lowest BCUT2D eigenvalue weighted by molar-refractivity contribution is -0.374. The van der Waals surface area contributed by atoms with Crippen molar-refractivity contribution >= 4 is 0 Å². The van der Waals surface area contributed by atoms with Crippen molar-refractivity contribution in [1.29, 1.82) is 0 Å². The Morgan fingerprint density at radius 1 is 0.400 bits per heavy atom. The van der Waals surface area contributed by atoms with Gasteiger partial charge in [0.1, 0.15) is 158 Å². The van der Waals surface area contributed by atoms with Gasteiger partial charge in [-0.3, -0.25) is 9.36 Å². The standard InChI is InChI=1S/C58H94N8O34/c1-19-25(59-27-5-21(11-67)35(75)39(79)37(27)77)7-29(73)53(91-19)97-49-33(15-71)95-57(47(87)43(49)83)99-51-31(13-69)93-55(45(85)41(51)81)89-17-23-9-65(63-61-23)3-4-66-10-24(62-64-66)18-90-56-46(86)42(82)52(32(14-70)94-56)100-58-48(88)44(84)50(34(16-72)96-58)98-54-30(74)8-26(20(2)92-54)60-28-6-22(12-68)36(76)40(80)38(28)78/h5-6,9-10,19-20,25-60,67-88H,3-4,7-8,11-18H2,1-2H3/t19?,20?,25-,26+,27+,28-,29-,30?,31?,32?,33?,34?,35-,36-,37-,38+,39-,40+,41?,42-,43?,44-,45-,46?,47-,48?,49+,50-,51+,52-,53+,54-,55+,56-,57+,58-/m1/s1. The van der Waals surface area contributed by atoms with Gasteiger partial charge in [0.15, 0.2) is 37.7 Å². The largest absolute Gasteiger partial charge is 0.394 e. The van der Waals surface area contributed by atoms with Gasteiger partial charge in [0.05, 0.1) is 103 Å². The molecule has 11 unspecified atom stereocenters. The molecule has 42 heteroatoms. The third-order valence-corrected chi connectivity index (χ3v) is 19.2. The number of ether oxygens (including phenoxy) is 12. The number of nitrogens with zero attached hydrogens (tertiary/aromatic N) is 6. The maximum atomic E-state index is 11.3. The van der Waals surface area contributed by atoms with Crippen molar-refractivity contribution < 1.29 is 169 Å². The van der Waals surface area contributed by atoms with E-state index in [2.05, 4.69) is 31.3 Å². The van der Waals surface area contributed by atoms with Gasteiger partial charge in [0.2, 0.25) is 0 Å². The van der Waals surface area contributed by atoms with E-state index in [1.807, 2.05) is 0 Å². The van der Waals surface area contributed by atoms with Crippen LogP contribution in [0.3, 0.4) is 0 Å². The van der Waals surface area contributed by atoms with Gasteiger partial charge in [-0.05, 0) is 37.8 Å². The molecule has 36 atom stereocenters. The molecule has 6 saturated heterocycles. The zero-order valence-electron chi connectivity index (χ0n) is 54.0. The predicted octanol–water partition coefficient (Wildman–Crippen LogP) is -14.4.